The fraction of sp³-hybridized carbons (Fsp3) is 0.737. The SMILES string of the molecule is Cc1nn(CC(C)C)c(C)c1CC(=O)N1CCCCC1CCC(=O)O. The van der Waals surface area contributed by atoms with E-state index in [-0.39, 0.29) is 18.4 Å². The molecule has 0 aliphatic carbocycles. The van der Waals surface area contributed by atoms with Crippen LogP contribution in [0.2, 0.25) is 0 Å². The molecule has 1 atom stereocenters. The van der Waals surface area contributed by atoms with Gasteiger partial charge >= 0.3 is 5.97 Å². The zero-order valence-corrected chi connectivity index (χ0v) is 15.9. The second-order valence-corrected chi connectivity index (χ2v) is 7.57. The lowest BCUT2D eigenvalue weighted by Gasteiger charge is -2.36. The summed E-state index contributed by atoms with van der Waals surface area (Å²) in [5, 5.41) is 13.5. The van der Waals surface area contributed by atoms with Crippen molar-refractivity contribution in [3.05, 3.63) is 17.0 Å². The van der Waals surface area contributed by atoms with Gasteiger partial charge in [-0.05, 0) is 45.4 Å². The maximum absolute atomic E-state index is 12.9. The number of nitrogens with zero attached hydrogens (tertiary/aromatic N) is 3. The number of hydrogen-bond donors (Lipinski definition) is 1. The quantitative estimate of drug-likeness (QED) is 0.821. The molecule has 0 saturated carbocycles. The van der Waals surface area contributed by atoms with Crippen LogP contribution in [-0.4, -0.2) is 44.3 Å². The Balaban J connectivity index is 2.09. The molecule has 1 aromatic heterocycles. The number of hydrogen-bond acceptors (Lipinski definition) is 3. The van der Waals surface area contributed by atoms with Crippen LogP contribution in [0.25, 0.3) is 0 Å². The molecule has 2 rings (SSSR count). The van der Waals surface area contributed by atoms with Crippen molar-refractivity contribution in [3.8, 4) is 0 Å². The first-order chi connectivity index (χ1) is 11.8. The number of carboxylic acids is 1. The van der Waals surface area contributed by atoms with Gasteiger partial charge in [0.05, 0.1) is 12.1 Å². The smallest absolute Gasteiger partial charge is 0.303 e. The summed E-state index contributed by atoms with van der Waals surface area (Å²) < 4.78 is 2.00. The van der Waals surface area contributed by atoms with Crippen molar-refractivity contribution in [1.82, 2.24) is 14.7 Å². The molecule has 1 aliphatic rings. The summed E-state index contributed by atoms with van der Waals surface area (Å²) >= 11 is 0. The van der Waals surface area contributed by atoms with Crippen molar-refractivity contribution < 1.29 is 14.7 Å². The Morgan fingerprint density at radius 3 is 2.64 bits per heavy atom. The molecular weight excluding hydrogens is 318 g/mol. The zero-order chi connectivity index (χ0) is 18.6. The molecule has 1 unspecified atom stereocenters. The van der Waals surface area contributed by atoms with E-state index >= 15 is 0 Å². The van der Waals surface area contributed by atoms with Crippen LogP contribution in [0.4, 0.5) is 0 Å². The third kappa shape index (κ3) is 5.06. The van der Waals surface area contributed by atoms with E-state index in [0.717, 1.165) is 49.3 Å². The Morgan fingerprint density at radius 1 is 1.28 bits per heavy atom. The van der Waals surface area contributed by atoms with Crippen LogP contribution >= 0.6 is 0 Å². The molecule has 6 heteroatoms. The van der Waals surface area contributed by atoms with Gasteiger partial charge < -0.3 is 10.0 Å². The van der Waals surface area contributed by atoms with Gasteiger partial charge in [-0.3, -0.25) is 14.3 Å². The van der Waals surface area contributed by atoms with E-state index in [0.29, 0.717) is 18.8 Å². The largest absolute Gasteiger partial charge is 0.481 e. The van der Waals surface area contributed by atoms with Crippen molar-refractivity contribution >= 4 is 11.9 Å². The van der Waals surface area contributed by atoms with Crippen LogP contribution < -0.4 is 0 Å². The van der Waals surface area contributed by atoms with Crippen LogP contribution in [-0.2, 0) is 22.6 Å². The summed E-state index contributed by atoms with van der Waals surface area (Å²) in [5.41, 5.74) is 3.01. The molecule has 1 amide bonds. The lowest BCUT2D eigenvalue weighted by molar-refractivity contribution is -0.139. The van der Waals surface area contributed by atoms with Gasteiger partial charge in [-0.25, -0.2) is 0 Å². The van der Waals surface area contributed by atoms with E-state index in [1.807, 2.05) is 23.4 Å². The number of likely N-dealkylation sites (tertiary alicyclic amines) is 1. The topological polar surface area (TPSA) is 75.4 Å². The Labute approximate surface area is 150 Å². The number of carbonyl (C=O) groups excluding carboxylic acids is 1. The Hall–Kier alpha value is -1.85. The molecule has 1 fully saturated rings. The first kappa shape index (κ1) is 19.5. The summed E-state index contributed by atoms with van der Waals surface area (Å²) in [4.78, 5) is 25.7. The van der Waals surface area contributed by atoms with Crippen LogP contribution in [0.3, 0.4) is 0 Å². The van der Waals surface area contributed by atoms with Gasteiger partial charge in [-0.2, -0.15) is 5.10 Å². The third-order valence-electron chi connectivity index (χ3n) is 5.04. The van der Waals surface area contributed by atoms with E-state index in [4.69, 9.17) is 5.11 Å². The highest BCUT2D eigenvalue weighted by molar-refractivity contribution is 5.80. The molecule has 2 heterocycles. The summed E-state index contributed by atoms with van der Waals surface area (Å²) in [6.07, 6.45) is 4.01. The van der Waals surface area contributed by atoms with E-state index < -0.39 is 5.97 Å². The highest BCUT2D eigenvalue weighted by atomic mass is 16.4. The first-order valence-corrected chi connectivity index (χ1v) is 9.33. The fourth-order valence-electron chi connectivity index (χ4n) is 3.69. The molecule has 1 aliphatic heterocycles. The monoisotopic (exact) mass is 349 g/mol. The number of piperidine rings is 1. The van der Waals surface area contributed by atoms with Crippen molar-refractivity contribution in [3.63, 3.8) is 0 Å². The van der Waals surface area contributed by atoms with Crippen LogP contribution in [0, 0.1) is 19.8 Å². The van der Waals surface area contributed by atoms with Gasteiger partial charge in [0.1, 0.15) is 0 Å². The lowest BCUT2D eigenvalue weighted by atomic mass is 9.96. The molecule has 0 bridgehead atoms. The molecule has 6 nitrogen and oxygen atoms in total. The Kier molecular flexibility index (Phi) is 6.62. The second-order valence-electron chi connectivity index (χ2n) is 7.57. The number of aryl methyl sites for hydroxylation is 1. The minimum atomic E-state index is -0.792. The van der Waals surface area contributed by atoms with E-state index in [1.54, 1.807) is 0 Å². The van der Waals surface area contributed by atoms with Gasteiger partial charge in [0.15, 0.2) is 0 Å². The van der Waals surface area contributed by atoms with Crippen molar-refractivity contribution in [2.45, 2.75) is 78.8 Å². The van der Waals surface area contributed by atoms with Crippen LogP contribution in [0.1, 0.15) is 62.9 Å². The molecular formula is C19H31N3O3. The number of aliphatic carboxylic acids is 1. The average Bonchev–Trinajstić information content (AvgIpc) is 2.80. The van der Waals surface area contributed by atoms with Gasteiger partial charge in [0.2, 0.25) is 5.91 Å². The minimum absolute atomic E-state index is 0.0590. The Bertz CT molecular complexity index is 622. The normalized spacial score (nSPS) is 18.0. The summed E-state index contributed by atoms with van der Waals surface area (Å²) in [5.74, 6) is -0.186. The maximum atomic E-state index is 12.9. The molecule has 1 N–H and O–H groups in total. The zero-order valence-electron chi connectivity index (χ0n) is 15.9. The molecule has 1 saturated heterocycles. The minimum Gasteiger partial charge on any atom is -0.481 e. The second kappa shape index (κ2) is 8.50. The van der Waals surface area contributed by atoms with E-state index in [9.17, 15) is 9.59 Å². The predicted molar refractivity (Wildman–Crippen MR) is 96.5 cm³/mol. The van der Waals surface area contributed by atoms with E-state index in [1.165, 1.54) is 0 Å². The summed E-state index contributed by atoms with van der Waals surface area (Å²) in [6.45, 7) is 9.89. The number of carboxylic acid groups (broad SMARTS) is 1. The van der Waals surface area contributed by atoms with Crippen molar-refractivity contribution in [2.24, 2.45) is 5.92 Å². The molecule has 140 valence electrons. The third-order valence-corrected chi connectivity index (χ3v) is 5.04. The molecule has 0 aromatic carbocycles. The van der Waals surface area contributed by atoms with Gasteiger partial charge in [0.25, 0.3) is 0 Å². The number of carbonyl (C=O) groups is 2. The number of rotatable bonds is 7. The highest BCUT2D eigenvalue weighted by Crippen LogP contribution is 2.23. The van der Waals surface area contributed by atoms with Crippen molar-refractivity contribution in [2.75, 3.05) is 6.54 Å². The van der Waals surface area contributed by atoms with Crippen molar-refractivity contribution in [1.29, 1.82) is 0 Å². The molecule has 1 aromatic rings. The maximum Gasteiger partial charge on any atom is 0.303 e. The summed E-state index contributed by atoms with van der Waals surface area (Å²) in [6, 6.07) is 0.0590. The number of amides is 1. The van der Waals surface area contributed by atoms with Gasteiger partial charge in [-0.1, -0.05) is 13.8 Å². The Morgan fingerprint density at radius 2 is 2.00 bits per heavy atom. The van der Waals surface area contributed by atoms with Gasteiger partial charge in [-0.15, -0.1) is 0 Å². The standard InChI is InChI=1S/C19H31N3O3/c1-13(2)12-22-15(4)17(14(3)20-22)11-18(23)21-10-6-5-7-16(21)8-9-19(24)25/h13,16H,5-12H2,1-4H3,(H,24,25). The lowest BCUT2D eigenvalue weighted by Crippen LogP contribution is -2.44. The fourth-order valence-corrected chi connectivity index (χ4v) is 3.69. The average molecular weight is 349 g/mol. The highest BCUT2D eigenvalue weighted by Gasteiger charge is 2.28. The van der Waals surface area contributed by atoms with E-state index in [2.05, 4.69) is 18.9 Å². The number of aromatic nitrogens is 2. The first-order valence-electron chi connectivity index (χ1n) is 9.33. The molecule has 0 radical (unpaired) electrons. The van der Waals surface area contributed by atoms with Gasteiger partial charge in [0, 0.05) is 36.8 Å². The predicted octanol–water partition coefficient (Wildman–Crippen LogP) is 2.94. The van der Waals surface area contributed by atoms with Crippen LogP contribution in [0.5, 0.6) is 0 Å². The summed E-state index contributed by atoms with van der Waals surface area (Å²) in [7, 11) is 0. The van der Waals surface area contributed by atoms with Crippen LogP contribution in [0.15, 0.2) is 0 Å². The molecule has 25 heavy (non-hydrogen) atoms. The molecule has 0 spiro atoms.